The maximum Gasteiger partial charge on any atom is 0.411 e. The first-order valence-electron chi connectivity index (χ1n) is 11.0. The fourth-order valence-corrected chi connectivity index (χ4v) is 4.56. The average molecular weight is 407 g/mol. The van der Waals surface area contributed by atoms with Crippen LogP contribution in [0.15, 0.2) is 54.6 Å². The summed E-state index contributed by atoms with van der Waals surface area (Å²) in [5, 5.41) is 3.24. The lowest BCUT2D eigenvalue weighted by Crippen LogP contribution is -2.55. The minimum Gasteiger partial charge on any atom is -0.445 e. The minimum absolute atomic E-state index is 0.0695. The molecule has 1 saturated carbocycles. The van der Waals surface area contributed by atoms with Crippen molar-refractivity contribution in [3.8, 4) is 0 Å². The summed E-state index contributed by atoms with van der Waals surface area (Å²) < 4.78 is 5.58. The predicted molar refractivity (Wildman–Crippen MR) is 116 cm³/mol. The third-order valence-electron chi connectivity index (χ3n) is 6.43. The highest BCUT2D eigenvalue weighted by Crippen LogP contribution is 2.27. The second kappa shape index (κ2) is 9.33. The van der Waals surface area contributed by atoms with Crippen molar-refractivity contribution in [3.63, 3.8) is 0 Å². The van der Waals surface area contributed by atoms with Crippen LogP contribution in [-0.4, -0.2) is 29.0 Å². The van der Waals surface area contributed by atoms with Gasteiger partial charge in [-0.2, -0.15) is 0 Å². The molecular weight excluding hydrogens is 376 g/mol. The Hall–Kier alpha value is -2.82. The van der Waals surface area contributed by atoms with Crippen molar-refractivity contribution >= 4 is 12.0 Å². The number of carbonyl (C=O) groups is 2. The van der Waals surface area contributed by atoms with E-state index in [4.69, 9.17) is 4.74 Å². The van der Waals surface area contributed by atoms with E-state index < -0.39 is 12.1 Å². The van der Waals surface area contributed by atoms with Crippen molar-refractivity contribution in [1.82, 2.24) is 10.2 Å². The van der Waals surface area contributed by atoms with E-state index in [9.17, 15) is 9.59 Å². The molecule has 2 aromatic carbocycles. The number of amides is 2. The van der Waals surface area contributed by atoms with E-state index in [-0.39, 0.29) is 18.6 Å². The zero-order valence-electron chi connectivity index (χ0n) is 17.5. The lowest BCUT2D eigenvalue weighted by atomic mass is 9.85. The third kappa shape index (κ3) is 4.66. The molecule has 5 heteroatoms. The van der Waals surface area contributed by atoms with Gasteiger partial charge in [0.15, 0.2) is 0 Å². The van der Waals surface area contributed by atoms with Gasteiger partial charge in [0.05, 0.1) is 6.54 Å². The standard InChI is InChI=1S/C25H30N2O3/c1-18-9-5-8-14-22(18)26-24(28)23-15-20-12-6-7-13-21(20)16-27(23)25(29)30-17-19-10-3-2-4-11-19/h2-4,6-7,10-13,18,22-23H,5,8-9,14-17H2,1H3,(H,26,28)/t18-,22-,23-/m1/s1. The highest BCUT2D eigenvalue weighted by Gasteiger charge is 2.37. The quantitative estimate of drug-likeness (QED) is 0.816. The zero-order chi connectivity index (χ0) is 20.9. The van der Waals surface area contributed by atoms with Gasteiger partial charge in [-0.3, -0.25) is 9.69 Å². The van der Waals surface area contributed by atoms with Gasteiger partial charge in [-0.05, 0) is 35.4 Å². The Labute approximate surface area is 178 Å². The molecule has 30 heavy (non-hydrogen) atoms. The Morgan fingerprint density at radius 2 is 1.70 bits per heavy atom. The fraction of sp³-hybridized carbons (Fsp3) is 0.440. The number of nitrogens with zero attached hydrogens (tertiary/aromatic N) is 1. The zero-order valence-corrected chi connectivity index (χ0v) is 17.5. The molecule has 0 spiro atoms. The van der Waals surface area contributed by atoms with Crippen LogP contribution >= 0.6 is 0 Å². The highest BCUT2D eigenvalue weighted by atomic mass is 16.6. The van der Waals surface area contributed by atoms with Crippen LogP contribution in [-0.2, 0) is 29.1 Å². The summed E-state index contributed by atoms with van der Waals surface area (Å²) >= 11 is 0. The molecule has 1 aliphatic carbocycles. The molecule has 5 nitrogen and oxygen atoms in total. The highest BCUT2D eigenvalue weighted by molar-refractivity contribution is 5.86. The molecule has 0 aromatic heterocycles. The molecule has 3 atom stereocenters. The number of carbonyl (C=O) groups excluding carboxylic acids is 2. The van der Waals surface area contributed by atoms with E-state index in [0.29, 0.717) is 18.9 Å². The number of fused-ring (bicyclic) bond motifs is 1. The van der Waals surface area contributed by atoms with E-state index in [1.54, 1.807) is 4.90 Å². The molecule has 0 bridgehead atoms. The Morgan fingerprint density at radius 3 is 2.47 bits per heavy atom. The first kappa shape index (κ1) is 20.5. The van der Waals surface area contributed by atoms with Gasteiger partial charge in [0.2, 0.25) is 5.91 Å². The summed E-state index contributed by atoms with van der Waals surface area (Å²) in [6.07, 6.45) is 4.60. The molecule has 1 N–H and O–H groups in total. The summed E-state index contributed by atoms with van der Waals surface area (Å²) in [5.41, 5.74) is 3.13. The molecule has 158 valence electrons. The van der Waals surface area contributed by atoms with E-state index in [2.05, 4.69) is 12.2 Å². The summed E-state index contributed by atoms with van der Waals surface area (Å²) in [4.78, 5) is 27.8. The molecule has 0 saturated heterocycles. The van der Waals surface area contributed by atoms with Crippen LogP contribution in [0.5, 0.6) is 0 Å². The smallest absolute Gasteiger partial charge is 0.411 e. The lowest BCUT2D eigenvalue weighted by molar-refractivity contribution is -0.127. The van der Waals surface area contributed by atoms with E-state index >= 15 is 0 Å². The summed E-state index contributed by atoms with van der Waals surface area (Å²) in [7, 11) is 0. The van der Waals surface area contributed by atoms with Crippen molar-refractivity contribution in [2.75, 3.05) is 0 Å². The summed E-state index contributed by atoms with van der Waals surface area (Å²) in [5.74, 6) is 0.400. The van der Waals surface area contributed by atoms with Gasteiger partial charge in [-0.1, -0.05) is 74.4 Å². The molecule has 2 aromatic rings. The van der Waals surface area contributed by atoms with Gasteiger partial charge >= 0.3 is 6.09 Å². The largest absolute Gasteiger partial charge is 0.445 e. The summed E-state index contributed by atoms with van der Waals surface area (Å²) in [6, 6.07) is 17.3. The van der Waals surface area contributed by atoms with Crippen LogP contribution in [0.2, 0.25) is 0 Å². The second-order valence-electron chi connectivity index (χ2n) is 8.53. The van der Waals surface area contributed by atoms with Crippen LogP contribution in [0.4, 0.5) is 4.79 Å². The molecule has 4 rings (SSSR count). The monoisotopic (exact) mass is 406 g/mol. The number of benzene rings is 2. The number of ether oxygens (including phenoxy) is 1. The van der Waals surface area contributed by atoms with Crippen LogP contribution in [0.3, 0.4) is 0 Å². The number of hydrogen-bond donors (Lipinski definition) is 1. The maximum atomic E-state index is 13.3. The molecule has 2 amide bonds. The van der Waals surface area contributed by atoms with E-state index in [1.807, 2.05) is 54.6 Å². The molecule has 1 fully saturated rings. The van der Waals surface area contributed by atoms with Crippen molar-refractivity contribution < 1.29 is 14.3 Å². The minimum atomic E-state index is -0.544. The van der Waals surface area contributed by atoms with Gasteiger partial charge < -0.3 is 10.1 Å². The SMILES string of the molecule is C[C@@H]1CCCC[C@H]1NC(=O)[C@H]1Cc2ccccc2CN1C(=O)OCc1ccccc1. The fourth-order valence-electron chi connectivity index (χ4n) is 4.56. The van der Waals surface area contributed by atoms with E-state index in [1.165, 1.54) is 6.42 Å². The molecule has 1 aliphatic heterocycles. The van der Waals surface area contributed by atoms with Crippen LogP contribution in [0.1, 0.15) is 49.3 Å². The van der Waals surface area contributed by atoms with Crippen molar-refractivity contribution in [3.05, 3.63) is 71.3 Å². The first-order chi connectivity index (χ1) is 14.6. The van der Waals surface area contributed by atoms with Gasteiger partial charge in [0, 0.05) is 12.5 Å². The average Bonchev–Trinajstić information content (AvgIpc) is 2.78. The van der Waals surface area contributed by atoms with Crippen molar-refractivity contribution in [1.29, 1.82) is 0 Å². The molecule has 2 aliphatic rings. The van der Waals surface area contributed by atoms with Crippen molar-refractivity contribution in [2.45, 2.75) is 64.3 Å². The lowest BCUT2D eigenvalue weighted by Gasteiger charge is -2.37. The number of hydrogen-bond acceptors (Lipinski definition) is 3. The van der Waals surface area contributed by atoms with Crippen LogP contribution < -0.4 is 5.32 Å². The third-order valence-corrected chi connectivity index (χ3v) is 6.43. The van der Waals surface area contributed by atoms with Gasteiger partial charge in [0.1, 0.15) is 12.6 Å². The first-order valence-corrected chi connectivity index (χ1v) is 11.0. The summed E-state index contributed by atoms with van der Waals surface area (Å²) in [6.45, 7) is 2.79. The molecular formula is C25H30N2O3. The molecule has 0 unspecified atom stereocenters. The number of nitrogens with one attached hydrogen (secondary N) is 1. The molecule has 0 radical (unpaired) electrons. The topological polar surface area (TPSA) is 58.6 Å². The Kier molecular flexibility index (Phi) is 6.36. The van der Waals surface area contributed by atoms with Gasteiger partial charge in [-0.25, -0.2) is 4.79 Å². The normalized spacial score (nSPS) is 23.4. The predicted octanol–water partition coefficient (Wildman–Crippen LogP) is 4.45. The number of rotatable bonds is 4. The Bertz CT molecular complexity index is 883. The van der Waals surface area contributed by atoms with Crippen LogP contribution in [0.25, 0.3) is 0 Å². The Balaban J connectivity index is 1.49. The Morgan fingerprint density at radius 1 is 1.00 bits per heavy atom. The maximum absolute atomic E-state index is 13.3. The van der Waals surface area contributed by atoms with E-state index in [0.717, 1.165) is 36.0 Å². The molecule has 1 heterocycles. The van der Waals surface area contributed by atoms with Crippen LogP contribution in [0, 0.1) is 5.92 Å². The van der Waals surface area contributed by atoms with Gasteiger partial charge in [-0.15, -0.1) is 0 Å². The van der Waals surface area contributed by atoms with Crippen molar-refractivity contribution in [2.24, 2.45) is 5.92 Å². The second-order valence-corrected chi connectivity index (χ2v) is 8.53. The van der Waals surface area contributed by atoms with Gasteiger partial charge in [0.25, 0.3) is 0 Å².